The molecule has 18 heavy (non-hydrogen) atoms. The number of nitrogens with zero attached hydrogens (tertiary/aromatic N) is 2. The molecule has 0 spiro atoms. The van der Waals surface area contributed by atoms with E-state index in [1.54, 1.807) is 0 Å². The normalized spacial score (nSPS) is 33.2. The summed E-state index contributed by atoms with van der Waals surface area (Å²) < 4.78 is 0. The number of primary amides is 1. The molecule has 1 saturated heterocycles. The first-order valence-electron chi connectivity index (χ1n) is 6.74. The minimum absolute atomic E-state index is 0.104. The van der Waals surface area contributed by atoms with Crippen molar-refractivity contribution in [2.24, 2.45) is 11.7 Å². The van der Waals surface area contributed by atoms with Gasteiger partial charge >= 0.3 is 0 Å². The van der Waals surface area contributed by atoms with Crippen LogP contribution in [0.3, 0.4) is 0 Å². The fourth-order valence-corrected chi connectivity index (χ4v) is 3.16. The van der Waals surface area contributed by atoms with E-state index in [0.29, 0.717) is 25.0 Å². The lowest BCUT2D eigenvalue weighted by atomic mass is 9.89. The van der Waals surface area contributed by atoms with E-state index >= 15 is 0 Å². The van der Waals surface area contributed by atoms with Crippen molar-refractivity contribution >= 4 is 11.8 Å². The van der Waals surface area contributed by atoms with Crippen LogP contribution in [-0.2, 0) is 9.59 Å². The summed E-state index contributed by atoms with van der Waals surface area (Å²) in [5.41, 5.74) is 5.29. The standard InChI is InChI=1S/C13H23N3O2/c1-15(2)10-3-5-11(6-4-10)16-8-9(13(14)18)7-12(16)17/h9-11H,3-8H2,1-2H3,(H2,14,18). The molecule has 1 aliphatic carbocycles. The second-order valence-electron chi connectivity index (χ2n) is 5.78. The largest absolute Gasteiger partial charge is 0.369 e. The van der Waals surface area contributed by atoms with Gasteiger partial charge in [-0.1, -0.05) is 0 Å². The van der Waals surface area contributed by atoms with Crippen LogP contribution in [0.4, 0.5) is 0 Å². The third-order valence-corrected chi connectivity index (χ3v) is 4.40. The van der Waals surface area contributed by atoms with Gasteiger partial charge in [-0.15, -0.1) is 0 Å². The number of carbonyl (C=O) groups excluding carboxylic acids is 2. The van der Waals surface area contributed by atoms with Gasteiger partial charge in [-0.25, -0.2) is 0 Å². The van der Waals surface area contributed by atoms with Crippen molar-refractivity contribution in [2.45, 2.75) is 44.2 Å². The van der Waals surface area contributed by atoms with Crippen molar-refractivity contribution in [2.75, 3.05) is 20.6 Å². The maximum absolute atomic E-state index is 11.9. The van der Waals surface area contributed by atoms with Crippen LogP contribution in [0.2, 0.25) is 0 Å². The van der Waals surface area contributed by atoms with Crippen LogP contribution in [0, 0.1) is 5.92 Å². The SMILES string of the molecule is CN(C)C1CCC(N2CC(C(N)=O)CC2=O)CC1. The van der Waals surface area contributed by atoms with Crippen molar-refractivity contribution in [1.82, 2.24) is 9.80 Å². The van der Waals surface area contributed by atoms with Gasteiger partial charge in [0.15, 0.2) is 0 Å². The summed E-state index contributed by atoms with van der Waals surface area (Å²) in [6.07, 6.45) is 4.65. The van der Waals surface area contributed by atoms with Crippen molar-refractivity contribution < 1.29 is 9.59 Å². The van der Waals surface area contributed by atoms with Crippen molar-refractivity contribution in [3.63, 3.8) is 0 Å². The van der Waals surface area contributed by atoms with Crippen LogP contribution in [-0.4, -0.2) is 54.3 Å². The molecule has 1 heterocycles. The Morgan fingerprint density at radius 3 is 2.33 bits per heavy atom. The zero-order valence-corrected chi connectivity index (χ0v) is 11.3. The summed E-state index contributed by atoms with van der Waals surface area (Å²) in [6.45, 7) is 0.533. The third kappa shape index (κ3) is 2.66. The molecule has 2 N–H and O–H groups in total. The molecule has 0 aromatic heterocycles. The monoisotopic (exact) mass is 253 g/mol. The molecule has 0 radical (unpaired) electrons. The lowest BCUT2D eigenvalue weighted by Crippen LogP contribution is -2.43. The molecule has 2 rings (SSSR count). The van der Waals surface area contributed by atoms with E-state index in [1.807, 2.05) is 4.90 Å². The number of likely N-dealkylation sites (tertiary alicyclic amines) is 1. The highest BCUT2D eigenvalue weighted by atomic mass is 16.2. The Hall–Kier alpha value is -1.10. The van der Waals surface area contributed by atoms with Gasteiger partial charge in [0.25, 0.3) is 0 Å². The summed E-state index contributed by atoms with van der Waals surface area (Å²) in [6, 6.07) is 0.948. The zero-order chi connectivity index (χ0) is 13.3. The third-order valence-electron chi connectivity index (χ3n) is 4.40. The van der Waals surface area contributed by atoms with E-state index in [2.05, 4.69) is 19.0 Å². The summed E-state index contributed by atoms with van der Waals surface area (Å²) in [5.74, 6) is -0.510. The average molecular weight is 253 g/mol. The number of hydrogen-bond acceptors (Lipinski definition) is 3. The highest BCUT2D eigenvalue weighted by molar-refractivity contribution is 5.88. The smallest absolute Gasteiger partial charge is 0.223 e. The van der Waals surface area contributed by atoms with Crippen LogP contribution in [0.1, 0.15) is 32.1 Å². The quantitative estimate of drug-likeness (QED) is 0.781. The first-order valence-corrected chi connectivity index (χ1v) is 6.74. The predicted octanol–water partition coefficient (Wildman–Crippen LogP) is 0.193. The maximum atomic E-state index is 11.9. The molecule has 0 bridgehead atoms. The van der Waals surface area contributed by atoms with Gasteiger partial charge in [0.05, 0.1) is 5.92 Å². The Balaban J connectivity index is 1.90. The Morgan fingerprint density at radius 2 is 1.89 bits per heavy atom. The Morgan fingerprint density at radius 1 is 1.28 bits per heavy atom. The molecular weight excluding hydrogens is 230 g/mol. The number of amides is 2. The molecule has 0 aromatic rings. The molecule has 1 saturated carbocycles. The molecule has 1 atom stereocenters. The molecule has 1 unspecified atom stereocenters. The molecule has 2 amide bonds. The molecule has 2 fully saturated rings. The fourth-order valence-electron chi connectivity index (χ4n) is 3.16. The second kappa shape index (κ2) is 5.26. The summed E-state index contributed by atoms with van der Waals surface area (Å²) in [4.78, 5) is 27.2. The topological polar surface area (TPSA) is 66.6 Å². The van der Waals surface area contributed by atoms with E-state index in [4.69, 9.17) is 5.73 Å². The van der Waals surface area contributed by atoms with Gasteiger partial charge in [-0.3, -0.25) is 9.59 Å². The molecule has 1 aliphatic heterocycles. The van der Waals surface area contributed by atoms with E-state index in [1.165, 1.54) is 0 Å². The second-order valence-corrected chi connectivity index (χ2v) is 5.78. The number of rotatable bonds is 3. The number of nitrogens with two attached hydrogens (primary N) is 1. The molecule has 0 aromatic carbocycles. The summed E-state index contributed by atoms with van der Waals surface area (Å²) >= 11 is 0. The first-order chi connectivity index (χ1) is 8.49. The van der Waals surface area contributed by atoms with Gasteiger partial charge < -0.3 is 15.5 Å². The summed E-state index contributed by atoms with van der Waals surface area (Å²) in [5, 5.41) is 0. The van der Waals surface area contributed by atoms with E-state index in [9.17, 15) is 9.59 Å². The maximum Gasteiger partial charge on any atom is 0.223 e. The highest BCUT2D eigenvalue weighted by Gasteiger charge is 2.38. The molecule has 5 nitrogen and oxygen atoms in total. The molecular formula is C13H23N3O2. The fraction of sp³-hybridized carbons (Fsp3) is 0.846. The molecule has 5 heteroatoms. The number of carbonyl (C=O) groups is 2. The van der Waals surface area contributed by atoms with Gasteiger partial charge in [0.1, 0.15) is 0 Å². The average Bonchev–Trinajstić information content (AvgIpc) is 2.71. The van der Waals surface area contributed by atoms with E-state index in [-0.39, 0.29) is 17.7 Å². The van der Waals surface area contributed by atoms with Crippen molar-refractivity contribution in [3.8, 4) is 0 Å². The Bertz CT molecular complexity index is 335. The number of hydrogen-bond donors (Lipinski definition) is 1. The van der Waals surface area contributed by atoms with Gasteiger partial charge in [0, 0.05) is 25.0 Å². The lowest BCUT2D eigenvalue weighted by molar-refractivity contribution is -0.130. The van der Waals surface area contributed by atoms with Gasteiger partial charge in [-0.05, 0) is 39.8 Å². The van der Waals surface area contributed by atoms with Crippen LogP contribution >= 0.6 is 0 Å². The van der Waals surface area contributed by atoms with Crippen LogP contribution in [0.15, 0.2) is 0 Å². The van der Waals surface area contributed by atoms with Gasteiger partial charge in [0.2, 0.25) is 11.8 Å². The highest BCUT2D eigenvalue weighted by Crippen LogP contribution is 2.29. The van der Waals surface area contributed by atoms with E-state index in [0.717, 1.165) is 25.7 Å². The van der Waals surface area contributed by atoms with Crippen LogP contribution < -0.4 is 5.73 Å². The van der Waals surface area contributed by atoms with Crippen LogP contribution in [0.25, 0.3) is 0 Å². The Labute approximate surface area is 108 Å². The van der Waals surface area contributed by atoms with Crippen LogP contribution in [0.5, 0.6) is 0 Å². The predicted molar refractivity (Wildman–Crippen MR) is 68.7 cm³/mol. The van der Waals surface area contributed by atoms with Crippen molar-refractivity contribution in [3.05, 3.63) is 0 Å². The zero-order valence-electron chi connectivity index (χ0n) is 11.3. The summed E-state index contributed by atoms with van der Waals surface area (Å²) in [7, 11) is 4.21. The first kappa shape index (κ1) is 13.3. The Kier molecular flexibility index (Phi) is 3.90. The van der Waals surface area contributed by atoms with Crippen molar-refractivity contribution in [1.29, 1.82) is 0 Å². The molecule has 102 valence electrons. The lowest BCUT2D eigenvalue weighted by Gasteiger charge is -2.37. The molecule has 2 aliphatic rings. The minimum atomic E-state index is -0.340. The minimum Gasteiger partial charge on any atom is -0.369 e. The van der Waals surface area contributed by atoms with Gasteiger partial charge in [-0.2, -0.15) is 0 Å². The van der Waals surface area contributed by atoms with E-state index < -0.39 is 0 Å².